The van der Waals surface area contributed by atoms with Gasteiger partial charge in [0.15, 0.2) is 0 Å². The molecule has 108 valence electrons. The van der Waals surface area contributed by atoms with Crippen molar-refractivity contribution in [1.82, 2.24) is 9.78 Å². The molecule has 1 aromatic carbocycles. The number of aromatic nitrogens is 2. The Morgan fingerprint density at radius 1 is 1.43 bits per heavy atom. The summed E-state index contributed by atoms with van der Waals surface area (Å²) >= 11 is 0. The number of carbonyl (C=O) groups is 1. The zero-order valence-corrected chi connectivity index (χ0v) is 11.5. The number of fused-ring (bicyclic) bond motifs is 3. The van der Waals surface area contributed by atoms with Crippen LogP contribution in [0, 0.1) is 0 Å². The number of ether oxygens (including phenoxy) is 1. The molecule has 1 heterocycles. The van der Waals surface area contributed by atoms with Crippen LogP contribution in [0.1, 0.15) is 11.1 Å². The third kappa shape index (κ3) is 2.29. The van der Waals surface area contributed by atoms with Gasteiger partial charge in [0, 0.05) is 17.2 Å². The maximum absolute atomic E-state index is 11.9. The van der Waals surface area contributed by atoms with Crippen LogP contribution in [-0.2, 0) is 24.2 Å². The van der Waals surface area contributed by atoms with Crippen LogP contribution in [0.15, 0.2) is 29.1 Å². The molecule has 1 aromatic heterocycles. The van der Waals surface area contributed by atoms with Crippen molar-refractivity contribution in [1.29, 1.82) is 0 Å². The van der Waals surface area contributed by atoms with Gasteiger partial charge in [0.05, 0.1) is 12.8 Å². The summed E-state index contributed by atoms with van der Waals surface area (Å²) in [6.07, 6.45) is 1.47. The first-order chi connectivity index (χ1) is 10.1. The molecule has 21 heavy (non-hydrogen) atoms. The number of hydrogen-bond acceptors (Lipinski definition) is 4. The quantitative estimate of drug-likeness (QED) is 0.913. The topological polar surface area (TPSA) is 81.4 Å². The zero-order valence-electron chi connectivity index (χ0n) is 11.5. The minimum absolute atomic E-state index is 0.387. The second-order valence-corrected chi connectivity index (χ2v) is 4.89. The maximum Gasteiger partial charge on any atom is 0.325 e. The molecule has 0 fully saturated rings. The second kappa shape index (κ2) is 5.05. The van der Waals surface area contributed by atoms with Crippen molar-refractivity contribution in [2.75, 3.05) is 7.11 Å². The highest BCUT2D eigenvalue weighted by Crippen LogP contribution is 2.36. The fourth-order valence-electron chi connectivity index (χ4n) is 2.68. The smallest absolute Gasteiger partial charge is 0.325 e. The minimum Gasteiger partial charge on any atom is -0.496 e. The monoisotopic (exact) mass is 286 g/mol. The minimum atomic E-state index is -1.09. The molecule has 2 aromatic rings. The molecule has 0 saturated carbocycles. The van der Waals surface area contributed by atoms with E-state index in [1.807, 2.05) is 18.2 Å². The molecule has 1 N–H and O–H groups in total. The SMILES string of the molecule is COc1cccc2c1CCc1cc(=O)n(CC(=O)O)nc1-2. The number of nitrogens with zero attached hydrogens (tertiary/aromatic N) is 2. The van der Waals surface area contributed by atoms with Crippen molar-refractivity contribution in [3.05, 3.63) is 45.7 Å². The Balaban J connectivity index is 2.19. The summed E-state index contributed by atoms with van der Waals surface area (Å²) in [5.74, 6) is -0.304. The van der Waals surface area contributed by atoms with E-state index in [1.54, 1.807) is 7.11 Å². The first-order valence-electron chi connectivity index (χ1n) is 6.59. The number of aryl methyl sites for hydroxylation is 1. The lowest BCUT2D eigenvalue weighted by atomic mass is 9.89. The van der Waals surface area contributed by atoms with Crippen molar-refractivity contribution in [2.24, 2.45) is 0 Å². The van der Waals surface area contributed by atoms with E-state index in [4.69, 9.17) is 9.84 Å². The molecule has 0 atom stereocenters. The standard InChI is InChI=1S/C15H14N2O4/c1-21-12-4-2-3-11-10(12)6-5-9-7-13(18)17(8-14(19)20)16-15(9)11/h2-4,7H,5-6,8H2,1H3,(H,19,20). The first kappa shape index (κ1) is 13.4. The first-order valence-corrected chi connectivity index (χ1v) is 6.59. The van der Waals surface area contributed by atoms with Crippen molar-refractivity contribution in [3.63, 3.8) is 0 Å². The van der Waals surface area contributed by atoms with E-state index in [9.17, 15) is 9.59 Å². The van der Waals surface area contributed by atoms with Gasteiger partial charge in [-0.3, -0.25) is 9.59 Å². The summed E-state index contributed by atoms with van der Waals surface area (Å²) in [7, 11) is 1.61. The van der Waals surface area contributed by atoms with Crippen LogP contribution in [0.2, 0.25) is 0 Å². The van der Waals surface area contributed by atoms with Crippen molar-refractivity contribution in [2.45, 2.75) is 19.4 Å². The van der Waals surface area contributed by atoms with E-state index < -0.39 is 12.5 Å². The van der Waals surface area contributed by atoms with Gasteiger partial charge < -0.3 is 9.84 Å². The van der Waals surface area contributed by atoms with E-state index in [2.05, 4.69) is 5.10 Å². The van der Waals surface area contributed by atoms with Gasteiger partial charge in [-0.2, -0.15) is 5.10 Å². The highest BCUT2D eigenvalue weighted by atomic mass is 16.5. The highest BCUT2D eigenvalue weighted by molar-refractivity contribution is 5.72. The van der Waals surface area contributed by atoms with Gasteiger partial charge in [-0.15, -0.1) is 0 Å². The molecule has 0 aliphatic heterocycles. The Hall–Kier alpha value is -2.63. The van der Waals surface area contributed by atoms with E-state index in [-0.39, 0.29) is 5.56 Å². The molecule has 3 rings (SSSR count). The summed E-state index contributed by atoms with van der Waals surface area (Å²) in [5, 5.41) is 13.1. The van der Waals surface area contributed by atoms with E-state index in [0.717, 1.165) is 33.5 Å². The summed E-state index contributed by atoms with van der Waals surface area (Å²) in [6.45, 7) is -0.439. The molecule has 0 saturated heterocycles. The molecule has 0 unspecified atom stereocenters. The molecule has 0 amide bonds. The molecule has 0 spiro atoms. The predicted octanol–water partition coefficient (Wildman–Crippen LogP) is 1.10. The Labute approximate surface area is 120 Å². The molecule has 6 nitrogen and oxygen atoms in total. The number of carboxylic acid groups (broad SMARTS) is 1. The Kier molecular flexibility index (Phi) is 3.21. The number of hydrogen-bond donors (Lipinski definition) is 1. The zero-order chi connectivity index (χ0) is 15.0. The normalized spacial score (nSPS) is 12.4. The number of benzene rings is 1. The van der Waals surface area contributed by atoms with Crippen molar-refractivity contribution < 1.29 is 14.6 Å². The van der Waals surface area contributed by atoms with Gasteiger partial charge in [0.25, 0.3) is 5.56 Å². The van der Waals surface area contributed by atoms with Crippen LogP contribution in [0.5, 0.6) is 5.75 Å². The van der Waals surface area contributed by atoms with Gasteiger partial charge >= 0.3 is 5.97 Å². The molecular weight excluding hydrogens is 272 g/mol. The molecule has 0 bridgehead atoms. The number of carboxylic acids is 1. The van der Waals surface area contributed by atoms with Gasteiger partial charge in [-0.05, 0) is 24.5 Å². The largest absolute Gasteiger partial charge is 0.496 e. The van der Waals surface area contributed by atoms with Gasteiger partial charge in [-0.25, -0.2) is 4.68 Å². The summed E-state index contributed by atoms with van der Waals surface area (Å²) < 4.78 is 6.34. The third-order valence-corrected chi connectivity index (χ3v) is 3.61. The van der Waals surface area contributed by atoms with Crippen molar-refractivity contribution >= 4 is 5.97 Å². The average molecular weight is 286 g/mol. The fraction of sp³-hybridized carbons (Fsp3) is 0.267. The number of methoxy groups -OCH3 is 1. The predicted molar refractivity (Wildman–Crippen MR) is 75.5 cm³/mol. The summed E-state index contributed by atoms with van der Waals surface area (Å²) in [5.41, 5.74) is 3.07. The van der Waals surface area contributed by atoms with Gasteiger partial charge in [-0.1, -0.05) is 12.1 Å². The van der Waals surface area contributed by atoms with Crippen LogP contribution in [0.3, 0.4) is 0 Å². The van der Waals surface area contributed by atoms with Crippen molar-refractivity contribution in [3.8, 4) is 17.0 Å². The number of aliphatic carboxylic acids is 1. The van der Waals surface area contributed by atoms with Gasteiger partial charge in [0.1, 0.15) is 12.3 Å². The molecule has 1 aliphatic rings. The summed E-state index contributed by atoms with van der Waals surface area (Å²) in [4.78, 5) is 22.7. The van der Waals surface area contributed by atoms with E-state index in [0.29, 0.717) is 12.1 Å². The van der Waals surface area contributed by atoms with Crippen LogP contribution in [0.25, 0.3) is 11.3 Å². The molecule has 0 radical (unpaired) electrons. The van der Waals surface area contributed by atoms with Crippen LogP contribution < -0.4 is 10.3 Å². The molecular formula is C15H14N2O4. The lowest BCUT2D eigenvalue weighted by molar-refractivity contribution is -0.138. The second-order valence-electron chi connectivity index (χ2n) is 4.89. The molecule has 1 aliphatic carbocycles. The Morgan fingerprint density at radius 3 is 2.95 bits per heavy atom. The number of rotatable bonds is 3. The molecule has 6 heteroatoms. The van der Waals surface area contributed by atoms with E-state index >= 15 is 0 Å². The average Bonchev–Trinajstić information content (AvgIpc) is 2.46. The van der Waals surface area contributed by atoms with E-state index in [1.165, 1.54) is 6.07 Å². The van der Waals surface area contributed by atoms with Gasteiger partial charge in [0.2, 0.25) is 0 Å². The lowest BCUT2D eigenvalue weighted by Crippen LogP contribution is -2.28. The van der Waals surface area contributed by atoms with Crippen LogP contribution >= 0.6 is 0 Å². The Morgan fingerprint density at radius 2 is 2.24 bits per heavy atom. The maximum atomic E-state index is 11.9. The highest BCUT2D eigenvalue weighted by Gasteiger charge is 2.22. The lowest BCUT2D eigenvalue weighted by Gasteiger charge is -2.21. The third-order valence-electron chi connectivity index (χ3n) is 3.61. The summed E-state index contributed by atoms with van der Waals surface area (Å²) in [6, 6.07) is 7.14. The fourth-order valence-corrected chi connectivity index (χ4v) is 2.68. The van der Waals surface area contributed by atoms with Crippen LogP contribution in [0.4, 0.5) is 0 Å². The Bertz CT molecular complexity index is 780. The van der Waals surface area contributed by atoms with Crippen LogP contribution in [-0.4, -0.2) is 28.0 Å².